The molecule has 2 aromatic carbocycles. The molecule has 148 valence electrons. The van der Waals surface area contributed by atoms with Gasteiger partial charge in [0.15, 0.2) is 0 Å². The van der Waals surface area contributed by atoms with Gasteiger partial charge in [0.2, 0.25) is 0 Å². The third kappa shape index (κ3) is 3.49. The summed E-state index contributed by atoms with van der Waals surface area (Å²) < 4.78 is 10.6. The van der Waals surface area contributed by atoms with E-state index in [0.717, 1.165) is 12.1 Å². The van der Waals surface area contributed by atoms with Crippen molar-refractivity contribution in [2.45, 2.75) is 19.4 Å². The number of anilines is 3. The number of para-hydroxylation sites is 1. The number of amides is 1. The number of carbonyl (C=O) groups is 1. The Morgan fingerprint density at radius 1 is 1.03 bits per heavy atom. The highest BCUT2D eigenvalue weighted by Gasteiger charge is 2.27. The van der Waals surface area contributed by atoms with Crippen LogP contribution >= 0.6 is 0 Å². The monoisotopic (exact) mass is 389 g/mol. The van der Waals surface area contributed by atoms with Gasteiger partial charge in [-0.05, 0) is 49.2 Å². The molecule has 1 atom stereocenters. The summed E-state index contributed by atoms with van der Waals surface area (Å²) in [6.07, 6.45) is 2.79. The van der Waals surface area contributed by atoms with E-state index in [0.29, 0.717) is 28.9 Å². The molecule has 2 heterocycles. The van der Waals surface area contributed by atoms with Gasteiger partial charge in [0, 0.05) is 11.7 Å². The van der Waals surface area contributed by atoms with E-state index in [4.69, 9.17) is 9.47 Å². The summed E-state index contributed by atoms with van der Waals surface area (Å²) in [5.74, 6) is 1.02. The number of pyridine rings is 1. The van der Waals surface area contributed by atoms with Gasteiger partial charge in [0.25, 0.3) is 5.91 Å². The first-order valence-electron chi connectivity index (χ1n) is 9.48. The number of hydrogen-bond donors (Lipinski definition) is 1. The smallest absolute Gasteiger partial charge is 0.264 e. The molecule has 1 N–H and O–H groups in total. The number of benzene rings is 2. The molecule has 0 fully saturated rings. The van der Waals surface area contributed by atoms with Crippen molar-refractivity contribution in [3.8, 4) is 11.5 Å². The van der Waals surface area contributed by atoms with E-state index in [1.54, 1.807) is 24.4 Å². The van der Waals surface area contributed by atoms with Gasteiger partial charge >= 0.3 is 0 Å². The van der Waals surface area contributed by atoms with Crippen LogP contribution in [0.15, 0.2) is 60.8 Å². The fourth-order valence-corrected chi connectivity index (χ4v) is 3.82. The number of carbonyl (C=O) groups excluding carboxylic acids is 1. The molecule has 0 bridgehead atoms. The first-order chi connectivity index (χ1) is 14.1. The summed E-state index contributed by atoms with van der Waals surface area (Å²) in [5, 5.41) is 2.83. The van der Waals surface area contributed by atoms with E-state index in [1.807, 2.05) is 18.2 Å². The standard InChI is InChI=1S/C23H23N3O3/c1-15-13-16-7-4-5-8-18(16)26(15)17-11-12-21(24-14-17)25-23(27)22-19(28-2)9-6-10-20(22)29-3/h4-12,14-15H,13H2,1-3H3,(H,24,25,27). The van der Waals surface area contributed by atoms with Gasteiger partial charge in [-0.15, -0.1) is 0 Å². The van der Waals surface area contributed by atoms with Gasteiger partial charge in [-0.3, -0.25) is 4.79 Å². The number of methoxy groups -OCH3 is 2. The minimum atomic E-state index is -0.334. The highest BCUT2D eigenvalue weighted by molar-refractivity contribution is 6.07. The van der Waals surface area contributed by atoms with Crippen LogP contribution in [0.2, 0.25) is 0 Å². The Balaban J connectivity index is 1.56. The van der Waals surface area contributed by atoms with E-state index in [1.165, 1.54) is 25.5 Å². The fourth-order valence-electron chi connectivity index (χ4n) is 3.82. The molecule has 3 aromatic rings. The van der Waals surface area contributed by atoms with Crippen LogP contribution < -0.4 is 19.7 Å². The molecule has 1 unspecified atom stereocenters. The topological polar surface area (TPSA) is 63.7 Å². The zero-order valence-corrected chi connectivity index (χ0v) is 16.7. The van der Waals surface area contributed by atoms with Crippen LogP contribution in [0, 0.1) is 0 Å². The maximum absolute atomic E-state index is 12.8. The molecule has 1 aliphatic heterocycles. The third-order valence-electron chi connectivity index (χ3n) is 5.13. The van der Waals surface area contributed by atoms with Crippen LogP contribution in [-0.2, 0) is 6.42 Å². The van der Waals surface area contributed by atoms with Gasteiger partial charge in [-0.2, -0.15) is 0 Å². The highest BCUT2D eigenvalue weighted by Crippen LogP contribution is 2.38. The number of nitrogens with zero attached hydrogens (tertiary/aromatic N) is 2. The maximum atomic E-state index is 12.8. The number of rotatable bonds is 5. The summed E-state index contributed by atoms with van der Waals surface area (Å²) in [6.45, 7) is 2.20. The van der Waals surface area contributed by atoms with Crippen molar-refractivity contribution in [1.29, 1.82) is 0 Å². The van der Waals surface area contributed by atoms with Crippen LogP contribution in [-0.4, -0.2) is 31.2 Å². The Morgan fingerprint density at radius 3 is 2.41 bits per heavy atom. The lowest BCUT2D eigenvalue weighted by atomic mass is 10.1. The van der Waals surface area contributed by atoms with Gasteiger partial charge in [0.1, 0.15) is 22.9 Å². The summed E-state index contributed by atoms with van der Waals surface area (Å²) in [7, 11) is 3.04. The first kappa shape index (κ1) is 18.8. The van der Waals surface area contributed by atoms with E-state index in [-0.39, 0.29) is 5.91 Å². The van der Waals surface area contributed by atoms with Gasteiger partial charge in [-0.1, -0.05) is 24.3 Å². The molecule has 0 saturated heterocycles. The van der Waals surface area contributed by atoms with Crippen LogP contribution in [0.3, 0.4) is 0 Å². The molecular formula is C23H23N3O3. The molecule has 6 nitrogen and oxygen atoms in total. The molecule has 1 amide bonds. The Bertz CT molecular complexity index is 1010. The second-order valence-corrected chi connectivity index (χ2v) is 6.95. The van der Waals surface area contributed by atoms with E-state index in [2.05, 4.69) is 40.3 Å². The third-order valence-corrected chi connectivity index (χ3v) is 5.13. The molecule has 4 rings (SSSR count). The fraction of sp³-hybridized carbons (Fsp3) is 0.217. The second-order valence-electron chi connectivity index (χ2n) is 6.95. The summed E-state index contributed by atoms with van der Waals surface area (Å²) in [4.78, 5) is 19.5. The van der Waals surface area contributed by atoms with Gasteiger partial charge in [0.05, 0.1) is 26.1 Å². The predicted octanol–water partition coefficient (Wildman–Crippen LogP) is 4.43. The average Bonchev–Trinajstić information content (AvgIpc) is 3.09. The zero-order valence-electron chi connectivity index (χ0n) is 16.7. The molecular weight excluding hydrogens is 366 g/mol. The normalized spacial score (nSPS) is 15.0. The van der Waals surface area contributed by atoms with Crippen molar-refractivity contribution in [3.05, 3.63) is 71.9 Å². The van der Waals surface area contributed by atoms with Crippen molar-refractivity contribution in [3.63, 3.8) is 0 Å². The minimum Gasteiger partial charge on any atom is -0.496 e. The molecule has 0 aliphatic carbocycles. The Kier molecular flexibility index (Phi) is 5.08. The molecule has 29 heavy (non-hydrogen) atoms. The lowest BCUT2D eigenvalue weighted by Crippen LogP contribution is -2.24. The number of hydrogen-bond acceptors (Lipinski definition) is 5. The summed E-state index contributed by atoms with van der Waals surface area (Å²) in [5.41, 5.74) is 3.87. The lowest BCUT2D eigenvalue weighted by Gasteiger charge is -2.24. The number of ether oxygens (including phenoxy) is 2. The van der Waals surface area contributed by atoms with Crippen molar-refractivity contribution in [2.24, 2.45) is 0 Å². The number of nitrogens with one attached hydrogen (secondary N) is 1. The summed E-state index contributed by atoms with van der Waals surface area (Å²) >= 11 is 0. The first-order valence-corrected chi connectivity index (χ1v) is 9.48. The predicted molar refractivity (Wildman–Crippen MR) is 113 cm³/mol. The molecule has 0 radical (unpaired) electrons. The highest BCUT2D eigenvalue weighted by atomic mass is 16.5. The Morgan fingerprint density at radius 2 is 1.76 bits per heavy atom. The number of fused-ring (bicyclic) bond motifs is 1. The maximum Gasteiger partial charge on any atom is 0.264 e. The van der Waals surface area contributed by atoms with Crippen LogP contribution in [0.25, 0.3) is 0 Å². The average molecular weight is 389 g/mol. The Hall–Kier alpha value is -3.54. The van der Waals surface area contributed by atoms with Crippen molar-refractivity contribution in [1.82, 2.24) is 4.98 Å². The van der Waals surface area contributed by atoms with Crippen LogP contribution in [0.1, 0.15) is 22.8 Å². The zero-order chi connectivity index (χ0) is 20.4. The molecule has 6 heteroatoms. The Labute approximate surface area is 170 Å². The van der Waals surface area contributed by atoms with Crippen LogP contribution in [0.5, 0.6) is 11.5 Å². The van der Waals surface area contributed by atoms with E-state index >= 15 is 0 Å². The quantitative estimate of drug-likeness (QED) is 0.699. The minimum absolute atomic E-state index is 0.334. The molecule has 1 aromatic heterocycles. The number of aromatic nitrogens is 1. The van der Waals surface area contributed by atoms with E-state index < -0.39 is 0 Å². The summed E-state index contributed by atoms with van der Waals surface area (Å²) in [6, 6.07) is 17.8. The SMILES string of the molecule is COc1cccc(OC)c1C(=O)Nc1ccc(N2c3ccccc3CC2C)cn1. The largest absolute Gasteiger partial charge is 0.496 e. The van der Waals surface area contributed by atoms with E-state index in [9.17, 15) is 4.79 Å². The van der Waals surface area contributed by atoms with Crippen molar-refractivity contribution in [2.75, 3.05) is 24.4 Å². The molecule has 0 saturated carbocycles. The van der Waals surface area contributed by atoms with Crippen LogP contribution in [0.4, 0.5) is 17.2 Å². The lowest BCUT2D eigenvalue weighted by molar-refractivity contribution is 0.102. The van der Waals surface area contributed by atoms with Crippen molar-refractivity contribution >= 4 is 23.1 Å². The van der Waals surface area contributed by atoms with Crippen molar-refractivity contribution < 1.29 is 14.3 Å². The second kappa shape index (κ2) is 7.83. The van der Waals surface area contributed by atoms with Gasteiger partial charge in [-0.25, -0.2) is 4.98 Å². The van der Waals surface area contributed by atoms with Gasteiger partial charge < -0.3 is 19.7 Å². The molecule has 1 aliphatic rings. The molecule has 0 spiro atoms.